The van der Waals surface area contributed by atoms with Crippen LogP contribution in [0, 0.1) is 5.92 Å². The molecule has 1 aliphatic heterocycles. The molecule has 0 bridgehead atoms. The van der Waals surface area contributed by atoms with E-state index in [1.807, 2.05) is 18.2 Å². The Balaban J connectivity index is 1.78. The molecule has 1 aliphatic rings. The molecule has 0 saturated carbocycles. The van der Waals surface area contributed by atoms with Crippen molar-refractivity contribution in [2.24, 2.45) is 11.7 Å². The molecule has 1 atom stereocenters. The molecular formula is C13H14N4O2. The summed E-state index contributed by atoms with van der Waals surface area (Å²) >= 11 is 0. The zero-order valence-electron chi connectivity index (χ0n) is 10.3. The third-order valence-corrected chi connectivity index (χ3v) is 3.45. The van der Waals surface area contributed by atoms with Gasteiger partial charge in [0.1, 0.15) is 5.92 Å². The normalized spacial score (nSPS) is 19.3. The Kier molecular flexibility index (Phi) is 2.70. The fourth-order valence-electron chi connectivity index (χ4n) is 2.46. The van der Waals surface area contributed by atoms with Gasteiger partial charge in [0.15, 0.2) is 0 Å². The molecule has 3 N–H and O–H groups in total. The monoisotopic (exact) mass is 258 g/mol. The van der Waals surface area contributed by atoms with E-state index < -0.39 is 11.8 Å². The summed E-state index contributed by atoms with van der Waals surface area (Å²) in [5.74, 6) is -1.38. The van der Waals surface area contributed by atoms with E-state index in [1.165, 1.54) is 0 Å². The van der Waals surface area contributed by atoms with Crippen LogP contribution in [0.5, 0.6) is 0 Å². The maximum Gasteiger partial charge on any atom is 0.235 e. The summed E-state index contributed by atoms with van der Waals surface area (Å²) < 4.78 is 0. The predicted molar refractivity (Wildman–Crippen MR) is 68.8 cm³/mol. The summed E-state index contributed by atoms with van der Waals surface area (Å²) in [4.78, 5) is 32.2. The second-order valence-corrected chi connectivity index (χ2v) is 4.73. The number of carbonyl (C=O) groups is 2. The highest BCUT2D eigenvalue weighted by Gasteiger charge is 2.35. The third kappa shape index (κ3) is 2.05. The van der Waals surface area contributed by atoms with Crippen LogP contribution in [0.15, 0.2) is 24.4 Å². The number of nitrogens with two attached hydrogens (primary N) is 1. The molecule has 0 aliphatic carbocycles. The summed E-state index contributed by atoms with van der Waals surface area (Å²) in [6.45, 7) is 1.02. The first-order valence-corrected chi connectivity index (χ1v) is 6.16. The number of hydrogen-bond acceptors (Lipinski definition) is 3. The van der Waals surface area contributed by atoms with Gasteiger partial charge in [-0.2, -0.15) is 0 Å². The van der Waals surface area contributed by atoms with Crippen molar-refractivity contribution in [3.8, 4) is 0 Å². The number of aromatic amines is 1. The quantitative estimate of drug-likeness (QED) is 0.780. The maximum absolute atomic E-state index is 12.0. The number of fused-ring (bicyclic) bond motifs is 1. The van der Waals surface area contributed by atoms with Crippen LogP contribution in [0.25, 0.3) is 11.0 Å². The number of nitrogens with one attached hydrogen (secondary N) is 1. The average molecular weight is 258 g/mol. The molecule has 1 saturated heterocycles. The molecule has 2 amide bonds. The second-order valence-electron chi connectivity index (χ2n) is 4.73. The van der Waals surface area contributed by atoms with Gasteiger partial charge in [-0.05, 0) is 24.6 Å². The fourth-order valence-corrected chi connectivity index (χ4v) is 2.46. The molecule has 3 heterocycles. The summed E-state index contributed by atoms with van der Waals surface area (Å²) in [5, 5.41) is 0. The lowest BCUT2D eigenvalue weighted by Crippen LogP contribution is -2.33. The van der Waals surface area contributed by atoms with E-state index in [2.05, 4.69) is 9.97 Å². The molecule has 0 unspecified atom stereocenters. The number of likely N-dealkylation sites (tertiary alicyclic amines) is 1. The van der Waals surface area contributed by atoms with Crippen molar-refractivity contribution < 1.29 is 9.59 Å². The lowest BCUT2D eigenvalue weighted by atomic mass is 10.1. The highest BCUT2D eigenvalue weighted by molar-refractivity contribution is 6.00. The standard InChI is InChI=1S/C13H14N4O2/c14-12(18)9-3-5-17(13(9)19)7-8-6-11-10(16-8)2-1-4-15-11/h1-2,4,6,9,16H,3,5,7H2,(H2,14,18)/t9-/m0/s1. The van der Waals surface area contributed by atoms with E-state index in [0.29, 0.717) is 19.5 Å². The minimum Gasteiger partial charge on any atom is -0.369 e. The summed E-state index contributed by atoms with van der Waals surface area (Å²) in [7, 11) is 0. The van der Waals surface area contributed by atoms with Gasteiger partial charge in [0.05, 0.1) is 17.6 Å². The lowest BCUT2D eigenvalue weighted by Gasteiger charge is -2.14. The number of rotatable bonds is 3. The van der Waals surface area contributed by atoms with Crippen molar-refractivity contribution in [2.45, 2.75) is 13.0 Å². The highest BCUT2D eigenvalue weighted by atomic mass is 16.2. The lowest BCUT2D eigenvalue weighted by molar-refractivity contribution is -0.136. The largest absolute Gasteiger partial charge is 0.369 e. The Morgan fingerprint density at radius 3 is 3.11 bits per heavy atom. The molecule has 19 heavy (non-hydrogen) atoms. The third-order valence-electron chi connectivity index (χ3n) is 3.45. The van der Waals surface area contributed by atoms with Crippen LogP contribution < -0.4 is 5.73 Å². The van der Waals surface area contributed by atoms with Crippen LogP contribution in [0.4, 0.5) is 0 Å². The summed E-state index contributed by atoms with van der Waals surface area (Å²) in [6, 6.07) is 5.71. The Morgan fingerprint density at radius 1 is 1.58 bits per heavy atom. The molecule has 0 spiro atoms. The van der Waals surface area contributed by atoms with Gasteiger partial charge in [0.2, 0.25) is 11.8 Å². The molecular weight excluding hydrogens is 244 g/mol. The first-order chi connectivity index (χ1) is 9.15. The Labute approximate surface area is 109 Å². The number of carbonyl (C=O) groups excluding carboxylic acids is 2. The summed E-state index contributed by atoms with van der Waals surface area (Å²) in [6.07, 6.45) is 2.23. The minimum absolute atomic E-state index is 0.181. The minimum atomic E-state index is -0.664. The van der Waals surface area contributed by atoms with Gasteiger partial charge in [-0.1, -0.05) is 0 Å². The van der Waals surface area contributed by atoms with Crippen molar-refractivity contribution >= 4 is 22.8 Å². The van der Waals surface area contributed by atoms with E-state index in [1.54, 1.807) is 11.1 Å². The van der Waals surface area contributed by atoms with Crippen LogP contribution in [-0.4, -0.2) is 33.2 Å². The molecule has 2 aromatic rings. The average Bonchev–Trinajstić information content (AvgIpc) is 2.94. The molecule has 98 valence electrons. The van der Waals surface area contributed by atoms with E-state index in [9.17, 15) is 9.59 Å². The van der Waals surface area contributed by atoms with Crippen LogP contribution in [0.2, 0.25) is 0 Å². The van der Waals surface area contributed by atoms with E-state index in [0.717, 1.165) is 16.7 Å². The van der Waals surface area contributed by atoms with Gasteiger partial charge in [-0.3, -0.25) is 14.6 Å². The number of nitrogens with zero attached hydrogens (tertiary/aromatic N) is 2. The number of primary amides is 1. The SMILES string of the molecule is NC(=O)[C@@H]1CCN(Cc2cc3ncccc3[nH]2)C1=O. The van der Waals surface area contributed by atoms with Gasteiger partial charge in [-0.15, -0.1) is 0 Å². The Morgan fingerprint density at radius 2 is 2.42 bits per heavy atom. The maximum atomic E-state index is 12.0. The number of pyridine rings is 1. The van der Waals surface area contributed by atoms with Crippen molar-refractivity contribution in [2.75, 3.05) is 6.54 Å². The van der Waals surface area contributed by atoms with Crippen molar-refractivity contribution in [3.05, 3.63) is 30.1 Å². The van der Waals surface area contributed by atoms with Crippen LogP contribution >= 0.6 is 0 Å². The number of H-pyrrole nitrogens is 1. The van der Waals surface area contributed by atoms with Crippen molar-refractivity contribution in [3.63, 3.8) is 0 Å². The molecule has 6 nitrogen and oxygen atoms in total. The highest BCUT2D eigenvalue weighted by Crippen LogP contribution is 2.21. The molecule has 0 aromatic carbocycles. The first-order valence-electron chi connectivity index (χ1n) is 6.16. The first kappa shape index (κ1) is 11.7. The molecule has 3 rings (SSSR count). The van der Waals surface area contributed by atoms with Gasteiger partial charge in [-0.25, -0.2) is 0 Å². The molecule has 0 radical (unpaired) electrons. The molecule has 6 heteroatoms. The Hall–Kier alpha value is -2.37. The zero-order valence-corrected chi connectivity index (χ0v) is 10.3. The van der Waals surface area contributed by atoms with Gasteiger partial charge in [0.25, 0.3) is 0 Å². The second kappa shape index (κ2) is 4.38. The topological polar surface area (TPSA) is 92.1 Å². The fraction of sp³-hybridized carbons (Fsp3) is 0.308. The van der Waals surface area contributed by atoms with Crippen LogP contribution in [0.3, 0.4) is 0 Å². The van der Waals surface area contributed by atoms with Crippen LogP contribution in [-0.2, 0) is 16.1 Å². The van der Waals surface area contributed by atoms with Gasteiger partial charge < -0.3 is 15.6 Å². The number of amides is 2. The van der Waals surface area contributed by atoms with E-state index in [-0.39, 0.29) is 5.91 Å². The van der Waals surface area contributed by atoms with Crippen LogP contribution in [0.1, 0.15) is 12.1 Å². The molecule has 2 aromatic heterocycles. The molecule has 1 fully saturated rings. The zero-order chi connectivity index (χ0) is 13.4. The van der Waals surface area contributed by atoms with Gasteiger partial charge in [0, 0.05) is 18.4 Å². The predicted octanol–water partition coefficient (Wildman–Crippen LogP) is 0.397. The number of hydrogen-bond donors (Lipinski definition) is 2. The van der Waals surface area contributed by atoms with Gasteiger partial charge >= 0.3 is 0 Å². The van der Waals surface area contributed by atoms with E-state index >= 15 is 0 Å². The van der Waals surface area contributed by atoms with E-state index in [4.69, 9.17) is 5.73 Å². The Bertz CT molecular complexity index is 616. The van der Waals surface area contributed by atoms with Crippen molar-refractivity contribution in [1.29, 1.82) is 0 Å². The smallest absolute Gasteiger partial charge is 0.235 e. The number of aromatic nitrogens is 2. The van der Waals surface area contributed by atoms with Crippen molar-refractivity contribution in [1.82, 2.24) is 14.9 Å². The summed E-state index contributed by atoms with van der Waals surface area (Å²) in [5.41, 5.74) is 7.92.